The van der Waals surface area contributed by atoms with Crippen LogP contribution in [0.4, 0.5) is 0 Å². The topological polar surface area (TPSA) is 49.4 Å². The van der Waals surface area contributed by atoms with E-state index in [1.54, 1.807) is 11.9 Å². The Balaban J connectivity index is 2.30. The van der Waals surface area contributed by atoms with Crippen LogP contribution in [0.3, 0.4) is 0 Å². The van der Waals surface area contributed by atoms with E-state index >= 15 is 0 Å². The van der Waals surface area contributed by atoms with Crippen molar-refractivity contribution in [3.63, 3.8) is 0 Å². The summed E-state index contributed by atoms with van der Waals surface area (Å²) in [6.45, 7) is 8.46. The van der Waals surface area contributed by atoms with Crippen LogP contribution in [-0.4, -0.2) is 29.8 Å². The van der Waals surface area contributed by atoms with Gasteiger partial charge in [-0.15, -0.1) is 0 Å². The molecule has 144 valence electrons. The number of hydrogen-bond donors (Lipinski definition) is 1. The van der Waals surface area contributed by atoms with Crippen LogP contribution in [0.15, 0.2) is 42.5 Å². The standard InChI is InChI=1S/C23H30N2O2/c1-6-21(23(27)24-5)25(15-19-9-7-16(2)8-10-19)22(26)14-20-12-17(3)11-18(4)13-20/h7-13,21H,6,14-15H2,1-5H3,(H,24,27)/t21-/m0/s1. The van der Waals surface area contributed by atoms with E-state index in [0.29, 0.717) is 19.4 Å². The summed E-state index contributed by atoms with van der Waals surface area (Å²) in [6.07, 6.45) is 0.867. The van der Waals surface area contributed by atoms with Gasteiger partial charge in [0.15, 0.2) is 0 Å². The smallest absolute Gasteiger partial charge is 0.242 e. The van der Waals surface area contributed by atoms with E-state index in [2.05, 4.69) is 11.4 Å². The zero-order chi connectivity index (χ0) is 20.0. The molecule has 27 heavy (non-hydrogen) atoms. The van der Waals surface area contributed by atoms with Gasteiger partial charge in [-0.3, -0.25) is 9.59 Å². The molecule has 2 aromatic carbocycles. The lowest BCUT2D eigenvalue weighted by molar-refractivity contribution is -0.140. The SMILES string of the molecule is CC[C@@H](C(=O)NC)N(Cc1ccc(C)cc1)C(=O)Cc1cc(C)cc(C)c1. The predicted molar refractivity (Wildman–Crippen MR) is 109 cm³/mol. The van der Waals surface area contributed by atoms with Gasteiger partial charge >= 0.3 is 0 Å². The highest BCUT2D eigenvalue weighted by molar-refractivity contribution is 5.88. The molecule has 4 nitrogen and oxygen atoms in total. The Morgan fingerprint density at radius 2 is 1.52 bits per heavy atom. The molecule has 0 saturated heterocycles. The minimum Gasteiger partial charge on any atom is -0.357 e. The van der Waals surface area contributed by atoms with Crippen molar-refractivity contribution in [2.24, 2.45) is 0 Å². The molecule has 0 aliphatic rings. The second-order valence-corrected chi connectivity index (χ2v) is 7.22. The Kier molecular flexibility index (Phi) is 7.17. The molecule has 2 amide bonds. The molecule has 0 aromatic heterocycles. The maximum atomic E-state index is 13.2. The molecule has 0 aliphatic heterocycles. The Bertz CT molecular complexity index is 776. The lowest BCUT2D eigenvalue weighted by Gasteiger charge is -2.30. The fraction of sp³-hybridized carbons (Fsp3) is 0.391. The largest absolute Gasteiger partial charge is 0.357 e. The average Bonchev–Trinajstić information content (AvgIpc) is 2.61. The van der Waals surface area contributed by atoms with E-state index in [9.17, 15) is 9.59 Å². The van der Waals surface area contributed by atoms with Gasteiger partial charge in [-0.05, 0) is 38.3 Å². The van der Waals surface area contributed by atoms with Crippen LogP contribution in [0, 0.1) is 20.8 Å². The van der Waals surface area contributed by atoms with Crippen molar-refractivity contribution in [1.29, 1.82) is 0 Å². The van der Waals surface area contributed by atoms with Gasteiger partial charge in [0.25, 0.3) is 0 Å². The van der Waals surface area contributed by atoms with E-state index in [0.717, 1.165) is 22.3 Å². The molecule has 1 atom stereocenters. The van der Waals surface area contributed by atoms with E-state index in [1.807, 2.05) is 64.1 Å². The number of rotatable bonds is 7. The van der Waals surface area contributed by atoms with E-state index in [4.69, 9.17) is 0 Å². The predicted octanol–water partition coefficient (Wildman–Crippen LogP) is 3.71. The number of hydrogen-bond acceptors (Lipinski definition) is 2. The highest BCUT2D eigenvalue weighted by Crippen LogP contribution is 2.16. The fourth-order valence-corrected chi connectivity index (χ4v) is 3.42. The van der Waals surface area contributed by atoms with Gasteiger partial charge in [-0.1, -0.05) is 66.1 Å². The molecule has 0 radical (unpaired) electrons. The number of amides is 2. The van der Waals surface area contributed by atoms with Crippen molar-refractivity contribution < 1.29 is 9.59 Å². The number of nitrogens with zero attached hydrogens (tertiary/aromatic N) is 1. The molecule has 1 N–H and O–H groups in total. The summed E-state index contributed by atoms with van der Waals surface area (Å²) in [7, 11) is 1.61. The zero-order valence-corrected chi connectivity index (χ0v) is 17.0. The Hall–Kier alpha value is -2.62. The van der Waals surface area contributed by atoms with Gasteiger partial charge in [-0.25, -0.2) is 0 Å². The van der Waals surface area contributed by atoms with Crippen LogP contribution in [0.5, 0.6) is 0 Å². The lowest BCUT2D eigenvalue weighted by Crippen LogP contribution is -2.48. The monoisotopic (exact) mass is 366 g/mol. The quantitative estimate of drug-likeness (QED) is 0.812. The van der Waals surface area contributed by atoms with Gasteiger partial charge in [0.2, 0.25) is 11.8 Å². The van der Waals surface area contributed by atoms with Crippen LogP contribution in [0.25, 0.3) is 0 Å². The molecule has 2 rings (SSSR count). The molecule has 0 bridgehead atoms. The number of benzene rings is 2. The third-order valence-corrected chi connectivity index (χ3v) is 4.74. The van der Waals surface area contributed by atoms with Crippen LogP contribution in [0.2, 0.25) is 0 Å². The van der Waals surface area contributed by atoms with Crippen molar-refractivity contribution in [3.05, 3.63) is 70.3 Å². The number of likely N-dealkylation sites (N-methyl/N-ethyl adjacent to an activating group) is 1. The minimum atomic E-state index is -0.477. The Morgan fingerprint density at radius 3 is 2.04 bits per heavy atom. The summed E-state index contributed by atoms with van der Waals surface area (Å²) < 4.78 is 0. The summed E-state index contributed by atoms with van der Waals surface area (Å²) in [5.74, 6) is -0.158. The van der Waals surface area contributed by atoms with Crippen LogP contribution in [0.1, 0.15) is 41.2 Å². The molecular formula is C23H30N2O2. The normalized spacial score (nSPS) is 11.7. The first-order valence-electron chi connectivity index (χ1n) is 9.47. The summed E-state index contributed by atoms with van der Waals surface area (Å²) in [5.41, 5.74) is 5.46. The average molecular weight is 367 g/mol. The first kappa shape index (κ1) is 20.7. The van der Waals surface area contributed by atoms with Crippen LogP contribution in [-0.2, 0) is 22.6 Å². The minimum absolute atomic E-state index is 0.0315. The summed E-state index contributed by atoms with van der Waals surface area (Å²) >= 11 is 0. The van der Waals surface area contributed by atoms with Crippen molar-refractivity contribution in [3.8, 4) is 0 Å². The number of aryl methyl sites for hydroxylation is 3. The highest BCUT2D eigenvalue weighted by atomic mass is 16.2. The maximum absolute atomic E-state index is 13.2. The molecule has 2 aromatic rings. The number of nitrogens with one attached hydrogen (secondary N) is 1. The van der Waals surface area contributed by atoms with E-state index < -0.39 is 6.04 Å². The number of carbonyl (C=O) groups is 2. The Labute approximate surface area is 162 Å². The summed E-state index contributed by atoms with van der Waals surface area (Å²) in [5, 5.41) is 2.70. The second-order valence-electron chi connectivity index (χ2n) is 7.22. The van der Waals surface area contributed by atoms with Crippen molar-refractivity contribution >= 4 is 11.8 Å². The van der Waals surface area contributed by atoms with Crippen LogP contribution < -0.4 is 5.32 Å². The number of carbonyl (C=O) groups excluding carboxylic acids is 2. The molecule has 0 heterocycles. The van der Waals surface area contributed by atoms with Crippen LogP contribution >= 0.6 is 0 Å². The van der Waals surface area contributed by atoms with Gasteiger partial charge in [0.05, 0.1) is 6.42 Å². The third-order valence-electron chi connectivity index (χ3n) is 4.74. The summed E-state index contributed by atoms with van der Waals surface area (Å²) in [4.78, 5) is 27.3. The Morgan fingerprint density at radius 1 is 0.926 bits per heavy atom. The first-order chi connectivity index (χ1) is 12.8. The molecule has 4 heteroatoms. The van der Waals surface area contributed by atoms with Crippen molar-refractivity contribution in [2.45, 2.75) is 53.1 Å². The third kappa shape index (κ3) is 5.68. The van der Waals surface area contributed by atoms with Gasteiger partial charge in [0, 0.05) is 13.6 Å². The molecule has 0 spiro atoms. The molecule has 0 fully saturated rings. The van der Waals surface area contributed by atoms with Gasteiger partial charge < -0.3 is 10.2 Å². The first-order valence-corrected chi connectivity index (χ1v) is 9.47. The highest BCUT2D eigenvalue weighted by Gasteiger charge is 2.28. The van der Waals surface area contributed by atoms with Crippen molar-refractivity contribution in [2.75, 3.05) is 7.05 Å². The maximum Gasteiger partial charge on any atom is 0.242 e. The van der Waals surface area contributed by atoms with E-state index in [-0.39, 0.29) is 11.8 Å². The van der Waals surface area contributed by atoms with Gasteiger partial charge in [-0.2, -0.15) is 0 Å². The molecular weight excluding hydrogens is 336 g/mol. The van der Waals surface area contributed by atoms with Crippen molar-refractivity contribution in [1.82, 2.24) is 10.2 Å². The van der Waals surface area contributed by atoms with E-state index in [1.165, 1.54) is 5.56 Å². The lowest BCUT2D eigenvalue weighted by atomic mass is 10.0. The second kappa shape index (κ2) is 9.36. The molecule has 0 unspecified atom stereocenters. The molecule has 0 aliphatic carbocycles. The summed E-state index contributed by atoms with van der Waals surface area (Å²) in [6, 6.07) is 13.8. The molecule has 0 saturated carbocycles. The van der Waals surface area contributed by atoms with Gasteiger partial charge in [0.1, 0.15) is 6.04 Å². The zero-order valence-electron chi connectivity index (χ0n) is 17.0. The fourth-order valence-electron chi connectivity index (χ4n) is 3.42.